The second-order valence-corrected chi connectivity index (χ2v) is 7.13. The number of carbonyl (C=O) groups is 2. The summed E-state index contributed by atoms with van der Waals surface area (Å²) in [7, 11) is 1.37. The number of aliphatic hydroxyl groups excluding tert-OH is 1. The minimum Gasteiger partial charge on any atom is -0.394 e. The van der Waals surface area contributed by atoms with Gasteiger partial charge in [-0.2, -0.15) is 0 Å². The molecule has 2 aliphatic rings. The zero-order valence-electron chi connectivity index (χ0n) is 11.0. The number of nitrogens with zero attached hydrogens (tertiary/aromatic N) is 1. The molecular weight excluding hydrogens is 386 g/mol. The van der Waals surface area contributed by atoms with Crippen molar-refractivity contribution in [3.63, 3.8) is 0 Å². The summed E-state index contributed by atoms with van der Waals surface area (Å²) in [6.45, 7) is 1.15. The molecule has 2 heterocycles. The molecule has 0 spiro atoms. The lowest BCUT2D eigenvalue weighted by atomic mass is 10.1. The number of imide groups is 1. The van der Waals surface area contributed by atoms with Gasteiger partial charge in [0.15, 0.2) is 6.23 Å². The number of alkyl halides is 2. The second kappa shape index (κ2) is 5.70. The van der Waals surface area contributed by atoms with Crippen LogP contribution in [-0.2, 0) is 14.3 Å². The first-order valence-electron chi connectivity index (χ1n) is 6.08. The van der Waals surface area contributed by atoms with Crippen molar-refractivity contribution in [1.29, 1.82) is 0 Å². The predicted molar refractivity (Wildman–Crippen MR) is 73.9 cm³/mol. The van der Waals surface area contributed by atoms with Crippen LogP contribution in [0.1, 0.15) is 13.3 Å². The van der Waals surface area contributed by atoms with Crippen molar-refractivity contribution in [1.82, 2.24) is 10.2 Å². The Bertz CT molecular complexity index is 422. The van der Waals surface area contributed by atoms with Crippen LogP contribution in [0, 0.1) is 0 Å². The van der Waals surface area contributed by atoms with Crippen LogP contribution >= 0.6 is 22.6 Å². The third-order valence-corrected chi connectivity index (χ3v) is 4.51. The van der Waals surface area contributed by atoms with Crippen molar-refractivity contribution in [3.05, 3.63) is 0 Å². The highest BCUT2D eigenvalue weighted by molar-refractivity contribution is 14.1. The Morgan fingerprint density at radius 1 is 1.65 bits per heavy atom. The van der Waals surface area contributed by atoms with Crippen LogP contribution in [-0.4, -0.2) is 63.8 Å². The Balaban J connectivity index is 2.25. The maximum atomic E-state index is 13.7. The third-order valence-electron chi connectivity index (χ3n) is 3.49. The van der Waals surface area contributed by atoms with Gasteiger partial charge in [0, 0.05) is 13.5 Å². The topological polar surface area (TPSA) is 88.1 Å². The van der Waals surface area contributed by atoms with E-state index in [-0.39, 0.29) is 6.42 Å². The first-order valence-corrected chi connectivity index (χ1v) is 7.16. The Labute approximate surface area is 128 Å². The molecule has 114 valence electrons. The molecule has 2 rings (SSSR count). The molecule has 0 aromatic carbocycles. The Morgan fingerprint density at radius 3 is 2.80 bits per heavy atom. The lowest BCUT2D eigenvalue weighted by Gasteiger charge is -2.44. The maximum Gasteiger partial charge on any atom is 0.328 e. The van der Waals surface area contributed by atoms with Gasteiger partial charge in [-0.15, -0.1) is 0 Å². The van der Waals surface area contributed by atoms with E-state index in [0.29, 0.717) is 0 Å². The van der Waals surface area contributed by atoms with Gasteiger partial charge in [-0.1, -0.05) is 22.6 Å². The molecule has 20 heavy (non-hydrogen) atoms. The smallest absolute Gasteiger partial charge is 0.328 e. The van der Waals surface area contributed by atoms with Crippen LogP contribution in [0.4, 0.5) is 9.18 Å². The van der Waals surface area contributed by atoms with Gasteiger partial charge in [0.1, 0.15) is 21.9 Å². The van der Waals surface area contributed by atoms with Crippen molar-refractivity contribution in [2.24, 2.45) is 0 Å². The highest BCUT2D eigenvalue weighted by atomic mass is 127. The molecule has 0 radical (unpaired) electrons. The number of amides is 3. The molecule has 0 saturated carbocycles. The highest BCUT2D eigenvalue weighted by Crippen LogP contribution is 2.36. The first-order chi connectivity index (χ1) is 9.32. The second-order valence-electron chi connectivity index (χ2n) is 4.89. The van der Waals surface area contributed by atoms with E-state index in [4.69, 9.17) is 14.6 Å². The molecule has 0 aromatic heterocycles. The zero-order valence-corrected chi connectivity index (χ0v) is 13.2. The van der Waals surface area contributed by atoms with Crippen molar-refractivity contribution < 1.29 is 28.6 Å². The lowest BCUT2D eigenvalue weighted by Crippen LogP contribution is -2.69. The Hall–Kier alpha value is -0.520. The van der Waals surface area contributed by atoms with Gasteiger partial charge in [-0.05, 0) is 6.92 Å². The molecule has 2 saturated heterocycles. The largest absolute Gasteiger partial charge is 0.394 e. The molecule has 2 fully saturated rings. The summed E-state index contributed by atoms with van der Waals surface area (Å²) in [5.41, 5.74) is 0. The van der Waals surface area contributed by atoms with Gasteiger partial charge in [-0.3, -0.25) is 15.0 Å². The molecule has 2 unspecified atom stereocenters. The molecule has 0 aromatic rings. The summed E-state index contributed by atoms with van der Waals surface area (Å²) >= 11 is 1.88. The molecule has 0 bridgehead atoms. The maximum absolute atomic E-state index is 13.7. The van der Waals surface area contributed by atoms with Crippen molar-refractivity contribution >= 4 is 34.5 Å². The number of urea groups is 1. The van der Waals surface area contributed by atoms with Crippen molar-refractivity contribution in [2.75, 3.05) is 13.7 Å². The fourth-order valence-electron chi connectivity index (χ4n) is 2.40. The molecule has 7 nitrogen and oxygen atoms in total. The first kappa shape index (κ1) is 15.9. The average Bonchev–Trinajstić information content (AvgIpc) is 2.74. The van der Waals surface area contributed by atoms with Crippen LogP contribution < -0.4 is 5.32 Å². The summed E-state index contributed by atoms with van der Waals surface area (Å²) in [4.78, 5) is 25.0. The quantitative estimate of drug-likeness (QED) is 0.519. The Morgan fingerprint density at radius 2 is 2.30 bits per heavy atom. The van der Waals surface area contributed by atoms with E-state index in [9.17, 15) is 14.0 Å². The highest BCUT2D eigenvalue weighted by Gasteiger charge is 2.54. The van der Waals surface area contributed by atoms with Gasteiger partial charge in [-0.25, -0.2) is 9.18 Å². The minimum atomic E-state index is -1.37. The number of hydrogen-bond acceptors (Lipinski definition) is 5. The van der Waals surface area contributed by atoms with Crippen LogP contribution in [0.2, 0.25) is 0 Å². The number of halogens is 2. The van der Waals surface area contributed by atoms with E-state index < -0.39 is 46.7 Å². The molecule has 0 aliphatic carbocycles. The van der Waals surface area contributed by atoms with Gasteiger partial charge < -0.3 is 14.6 Å². The summed E-state index contributed by atoms with van der Waals surface area (Å²) < 4.78 is 23.2. The number of nitrogens with one attached hydrogen (secondary N) is 1. The number of methoxy groups -OCH3 is 1. The molecule has 9 heteroatoms. The fraction of sp³-hybridized carbons (Fsp3) is 0.818. The monoisotopic (exact) mass is 402 g/mol. The number of ether oxygens (including phenoxy) is 2. The summed E-state index contributed by atoms with van der Waals surface area (Å²) in [6, 6.07) is -0.688. The molecule has 5 atom stereocenters. The van der Waals surface area contributed by atoms with E-state index in [2.05, 4.69) is 5.32 Å². The van der Waals surface area contributed by atoms with E-state index in [1.165, 1.54) is 12.0 Å². The van der Waals surface area contributed by atoms with E-state index >= 15 is 0 Å². The van der Waals surface area contributed by atoms with Crippen molar-refractivity contribution in [3.8, 4) is 0 Å². The van der Waals surface area contributed by atoms with Crippen LogP contribution in [0.5, 0.6) is 0 Å². The normalized spacial score (nSPS) is 42.0. The lowest BCUT2D eigenvalue weighted by molar-refractivity contribution is -0.152. The van der Waals surface area contributed by atoms with Crippen LogP contribution in [0.15, 0.2) is 0 Å². The van der Waals surface area contributed by atoms with Crippen LogP contribution in [0.3, 0.4) is 0 Å². The number of hydrogen-bond donors (Lipinski definition) is 2. The molecule has 3 amide bonds. The summed E-state index contributed by atoms with van der Waals surface area (Å²) in [6.07, 6.45) is -4.16. The van der Waals surface area contributed by atoms with Crippen LogP contribution in [0.25, 0.3) is 0 Å². The minimum absolute atomic E-state index is 0.0700. The standard InChI is InChI=1S/C11H16FIN2O5/c1-11(13)8(17)14-10(18)15(9(11)19-2)7-3-5(12)6(4-16)20-7/h5-7,9,16H,3-4H2,1-2H3,(H,14,17,18)/t5-,6+,7+,9?,11?/m1/s1. The predicted octanol–water partition coefficient (Wildman–Crippen LogP) is 0.150. The molecule has 2 N–H and O–H groups in total. The van der Waals surface area contributed by atoms with Gasteiger partial charge in [0.2, 0.25) is 5.91 Å². The zero-order chi connectivity index (χ0) is 15.1. The van der Waals surface area contributed by atoms with E-state index in [1.54, 1.807) is 6.92 Å². The average molecular weight is 402 g/mol. The SMILES string of the molecule is COC1N([C@@H]2C[C@@H](F)[C@H](CO)O2)C(=O)NC(=O)C1(C)I. The number of rotatable bonds is 3. The third kappa shape index (κ3) is 2.51. The fourth-order valence-corrected chi connectivity index (χ4v) is 3.09. The van der Waals surface area contributed by atoms with E-state index in [0.717, 1.165) is 0 Å². The number of aliphatic hydroxyl groups is 1. The van der Waals surface area contributed by atoms with E-state index in [1.807, 2.05) is 22.6 Å². The Kier molecular flexibility index (Phi) is 4.52. The van der Waals surface area contributed by atoms with Gasteiger partial charge >= 0.3 is 6.03 Å². The van der Waals surface area contributed by atoms with Gasteiger partial charge in [0.25, 0.3) is 0 Å². The van der Waals surface area contributed by atoms with Crippen molar-refractivity contribution in [2.45, 2.75) is 41.5 Å². The summed E-state index contributed by atoms with van der Waals surface area (Å²) in [5, 5.41) is 11.2. The summed E-state index contributed by atoms with van der Waals surface area (Å²) in [5.74, 6) is -0.472. The molecular formula is C11H16FIN2O5. The molecule has 2 aliphatic heterocycles. The number of carbonyl (C=O) groups excluding carboxylic acids is 2. The van der Waals surface area contributed by atoms with Gasteiger partial charge in [0.05, 0.1) is 6.61 Å².